The highest BCUT2D eigenvalue weighted by Gasteiger charge is 2.17. The third-order valence-electron chi connectivity index (χ3n) is 1.40. The van der Waals surface area contributed by atoms with Crippen LogP contribution in [-0.4, -0.2) is 16.1 Å². The van der Waals surface area contributed by atoms with Gasteiger partial charge in [-0.2, -0.15) is 0 Å². The first-order chi connectivity index (χ1) is 6.20. The van der Waals surface area contributed by atoms with E-state index in [4.69, 9.17) is 0 Å². The summed E-state index contributed by atoms with van der Waals surface area (Å²) < 4.78 is 20.5. The second-order valence-corrected chi connectivity index (χ2v) is 4.88. The first-order valence-electron chi connectivity index (χ1n) is 3.26. The Hall–Kier alpha value is -0.190. The third kappa shape index (κ3) is 2.39. The highest BCUT2D eigenvalue weighted by molar-refractivity contribution is 8.13. The monoisotopic (exact) mass is 239 g/mol. The number of nitrogens with zero attached hydrogens (tertiary/aromatic N) is 1. The van der Waals surface area contributed by atoms with E-state index in [9.17, 15) is 8.68 Å². The molecule has 0 aliphatic carbocycles. The Morgan fingerprint density at radius 3 is 3.00 bits per heavy atom. The normalized spacial score (nSPS) is 11.5. The summed E-state index contributed by atoms with van der Waals surface area (Å²) in [5.74, 6) is 0. The molecular weight excluding hydrogens is 232 g/mol. The van der Waals surface area contributed by atoms with Crippen LogP contribution >= 0.6 is 31.9 Å². The molecule has 0 spiro atoms. The fourth-order valence-electron chi connectivity index (χ4n) is 0.805. The van der Waals surface area contributed by atoms with Crippen molar-refractivity contribution in [2.24, 2.45) is 6.66 Å². The van der Waals surface area contributed by atoms with E-state index in [0.29, 0.717) is 11.0 Å². The predicted molar refractivity (Wildman–Crippen MR) is 55.1 cm³/mol. The van der Waals surface area contributed by atoms with Crippen molar-refractivity contribution >= 4 is 37.0 Å². The van der Waals surface area contributed by atoms with E-state index in [1.54, 1.807) is 12.9 Å². The van der Waals surface area contributed by atoms with Gasteiger partial charge in [0.2, 0.25) is 5.12 Å². The second-order valence-electron chi connectivity index (χ2n) is 2.12. The number of thioether (sulfide) groups is 1. The Labute approximate surface area is 85.1 Å². The minimum atomic E-state index is -0.880. The van der Waals surface area contributed by atoms with Crippen molar-refractivity contribution in [2.45, 2.75) is 0 Å². The van der Waals surface area contributed by atoms with E-state index in [0.717, 1.165) is 11.8 Å². The molecule has 0 N–H and O–H groups in total. The molecular formula is C6H7FNO2PS2. The first-order valence-corrected chi connectivity index (χ1v) is 6.87. The van der Waals surface area contributed by atoms with Crippen LogP contribution in [-0.2, 0) is 6.66 Å². The quantitative estimate of drug-likeness (QED) is 0.758. The number of rotatable bonds is 3. The smallest absolute Gasteiger partial charge is 0.272 e. The lowest BCUT2D eigenvalue weighted by molar-refractivity contribution is 0.108. The summed E-state index contributed by atoms with van der Waals surface area (Å²) in [4.78, 5) is 11.3. The van der Waals surface area contributed by atoms with Gasteiger partial charge in [-0.1, -0.05) is 11.8 Å². The molecule has 1 atom stereocenters. The van der Waals surface area contributed by atoms with Crippen LogP contribution in [0.4, 0.5) is 3.89 Å². The molecule has 1 aromatic heterocycles. The zero-order valence-electron chi connectivity index (χ0n) is 6.98. The Morgan fingerprint density at radius 2 is 2.46 bits per heavy atom. The number of halogens is 1. The van der Waals surface area contributed by atoms with Crippen LogP contribution in [0.25, 0.3) is 0 Å². The molecule has 3 nitrogen and oxygen atoms in total. The number of hydrogen-bond donors (Lipinski definition) is 0. The third-order valence-corrected chi connectivity index (χ3v) is 3.73. The van der Waals surface area contributed by atoms with Gasteiger partial charge in [-0.15, -0.1) is 3.89 Å². The van der Waals surface area contributed by atoms with Crippen LogP contribution in [0.1, 0.15) is 10.4 Å². The molecule has 0 saturated carbocycles. The molecule has 0 aliphatic heterocycles. The summed E-state index contributed by atoms with van der Waals surface area (Å²) >= 11 is 0.815. The number of carbonyl (C=O) groups excluding carboxylic acids is 1. The van der Waals surface area contributed by atoms with E-state index in [2.05, 4.69) is 8.93 Å². The van der Waals surface area contributed by atoms with Crippen LogP contribution in [0.2, 0.25) is 0 Å². The molecule has 7 heteroatoms. The zero-order valence-corrected chi connectivity index (χ0v) is 9.51. The fraction of sp³-hybridized carbons (Fsp3) is 0.333. The molecule has 0 bridgehead atoms. The van der Waals surface area contributed by atoms with Gasteiger partial charge in [-0.25, -0.2) is 4.75 Å². The highest BCUT2D eigenvalue weighted by Crippen LogP contribution is 2.41. The lowest BCUT2D eigenvalue weighted by atomic mass is 10.4. The van der Waals surface area contributed by atoms with Crippen LogP contribution in [0, 0.1) is 0 Å². The molecule has 0 aliphatic rings. The molecule has 0 amide bonds. The largest absolute Gasteiger partial charge is 0.390 e. The van der Waals surface area contributed by atoms with Crippen molar-refractivity contribution < 1.29 is 12.9 Å². The number of carbonyl (C=O) groups is 1. The standard InChI is InChI=1S/C6H7FNO2PS2/c1-11-6(10-13-7)4(3-8-11)5(9)12-2/h3H,1-2H3. The van der Waals surface area contributed by atoms with Gasteiger partial charge in [-0.3, -0.25) is 4.79 Å². The SMILES string of the molecule is CSC(=O)c1cnp(C)c1OSF. The van der Waals surface area contributed by atoms with Gasteiger partial charge in [0.1, 0.15) is 0 Å². The van der Waals surface area contributed by atoms with Gasteiger partial charge in [0, 0.05) is 13.9 Å². The van der Waals surface area contributed by atoms with Crippen molar-refractivity contribution in [2.75, 3.05) is 6.26 Å². The van der Waals surface area contributed by atoms with Crippen LogP contribution in [0.5, 0.6) is 5.48 Å². The van der Waals surface area contributed by atoms with Gasteiger partial charge < -0.3 is 4.18 Å². The van der Waals surface area contributed by atoms with E-state index < -0.39 is 7.69 Å². The summed E-state index contributed by atoms with van der Waals surface area (Å²) in [7, 11) is -0.880. The average molecular weight is 239 g/mol. The summed E-state index contributed by atoms with van der Waals surface area (Å²) in [6, 6.07) is 0. The highest BCUT2D eigenvalue weighted by atomic mass is 32.2. The molecule has 1 aromatic rings. The maximum absolute atomic E-state index is 11.9. The molecule has 1 unspecified atom stereocenters. The maximum Gasteiger partial charge on any atom is 0.272 e. The topological polar surface area (TPSA) is 39.2 Å². The minimum absolute atomic E-state index is 0.139. The summed E-state index contributed by atoms with van der Waals surface area (Å²) in [6.07, 6.45) is 3.12. The Balaban J connectivity index is 2.99. The van der Waals surface area contributed by atoms with Crippen molar-refractivity contribution in [3.05, 3.63) is 11.8 Å². The molecule has 0 saturated heterocycles. The van der Waals surface area contributed by atoms with E-state index in [1.807, 2.05) is 0 Å². The lowest BCUT2D eigenvalue weighted by Gasteiger charge is -1.99. The van der Waals surface area contributed by atoms with E-state index >= 15 is 0 Å². The average Bonchev–Trinajstić information content (AvgIpc) is 2.48. The van der Waals surface area contributed by atoms with Gasteiger partial charge in [0.15, 0.2) is 5.48 Å². The minimum Gasteiger partial charge on any atom is -0.390 e. The molecule has 1 heterocycles. The molecule has 0 fully saturated rings. The van der Waals surface area contributed by atoms with Crippen molar-refractivity contribution in [1.82, 2.24) is 4.75 Å². The van der Waals surface area contributed by atoms with Crippen LogP contribution in [0.3, 0.4) is 0 Å². The molecule has 13 heavy (non-hydrogen) atoms. The Morgan fingerprint density at radius 1 is 1.77 bits per heavy atom. The van der Waals surface area contributed by atoms with Crippen molar-refractivity contribution in [3.63, 3.8) is 0 Å². The summed E-state index contributed by atoms with van der Waals surface area (Å²) in [5.41, 5.74) is 0.744. The van der Waals surface area contributed by atoms with E-state index in [1.165, 1.54) is 6.20 Å². The van der Waals surface area contributed by atoms with Gasteiger partial charge in [0.25, 0.3) is 12.4 Å². The summed E-state index contributed by atoms with van der Waals surface area (Å²) in [5, 5.41) is -0.139. The Kier molecular flexibility index (Phi) is 4.09. The number of aromatic nitrogens is 1. The second kappa shape index (κ2) is 4.88. The Bertz CT molecular complexity index is 318. The molecule has 1 rings (SSSR count). The lowest BCUT2D eigenvalue weighted by Crippen LogP contribution is -1.91. The number of aryl methyl sites for hydroxylation is 1. The fourth-order valence-corrected chi connectivity index (χ4v) is 2.81. The summed E-state index contributed by atoms with van der Waals surface area (Å²) in [6.45, 7) is 1.80. The van der Waals surface area contributed by atoms with Crippen LogP contribution in [0.15, 0.2) is 6.20 Å². The van der Waals surface area contributed by atoms with Gasteiger partial charge in [-0.05, 0) is 12.9 Å². The molecule has 0 radical (unpaired) electrons. The van der Waals surface area contributed by atoms with Gasteiger partial charge in [0.05, 0.1) is 5.56 Å². The number of hydrogen-bond acceptors (Lipinski definition) is 5. The predicted octanol–water partition coefficient (Wildman–Crippen LogP) is 3.02. The van der Waals surface area contributed by atoms with Crippen molar-refractivity contribution in [3.8, 4) is 5.48 Å². The molecule has 72 valence electrons. The van der Waals surface area contributed by atoms with Crippen LogP contribution < -0.4 is 4.18 Å². The van der Waals surface area contributed by atoms with E-state index in [-0.39, 0.29) is 17.5 Å². The van der Waals surface area contributed by atoms with Gasteiger partial charge >= 0.3 is 0 Å². The molecule has 0 aromatic carbocycles. The van der Waals surface area contributed by atoms with Crippen molar-refractivity contribution in [1.29, 1.82) is 0 Å². The zero-order chi connectivity index (χ0) is 9.84. The first kappa shape index (κ1) is 10.9. The maximum atomic E-state index is 11.9.